The highest BCUT2D eigenvalue weighted by atomic mass is 32.2. The number of hydrogen-bond acceptors (Lipinski definition) is 8. The third kappa shape index (κ3) is 11.4. The Hall–Kier alpha value is -4.10. The van der Waals surface area contributed by atoms with Gasteiger partial charge in [0.15, 0.2) is 0 Å². The number of piperidine rings is 1. The highest BCUT2D eigenvalue weighted by molar-refractivity contribution is 7.85. The summed E-state index contributed by atoms with van der Waals surface area (Å²) in [4.78, 5) is 29.3. The summed E-state index contributed by atoms with van der Waals surface area (Å²) in [5, 5.41) is 7.50. The van der Waals surface area contributed by atoms with Gasteiger partial charge in [-0.3, -0.25) is 24.5 Å². The molecular weight excluding hydrogens is 608 g/mol. The first-order chi connectivity index (χ1) is 22.1. The molecule has 2 aliphatic rings. The number of esters is 1. The number of nitrogens with zero attached hydrogens (tertiary/aromatic N) is 2. The molecule has 11 nitrogen and oxygen atoms in total. The predicted molar refractivity (Wildman–Crippen MR) is 176 cm³/mol. The monoisotopic (exact) mass is 650 g/mol. The van der Waals surface area contributed by atoms with Gasteiger partial charge < -0.3 is 20.1 Å². The van der Waals surface area contributed by atoms with Crippen molar-refractivity contribution >= 4 is 27.8 Å². The van der Waals surface area contributed by atoms with Crippen LogP contribution in [-0.2, 0) is 30.1 Å². The van der Waals surface area contributed by atoms with Gasteiger partial charge in [0.1, 0.15) is 18.2 Å². The summed E-state index contributed by atoms with van der Waals surface area (Å²) in [6.07, 6.45) is 2.04. The summed E-state index contributed by atoms with van der Waals surface area (Å²) in [7, 11) is -3.88. The fourth-order valence-corrected chi connectivity index (χ4v) is 5.98. The largest absolute Gasteiger partial charge is 0.464 e. The van der Waals surface area contributed by atoms with Crippen LogP contribution in [-0.4, -0.2) is 93.0 Å². The van der Waals surface area contributed by atoms with E-state index in [1.807, 2.05) is 53.4 Å². The third-order valence-electron chi connectivity index (χ3n) is 7.98. The number of benzene rings is 3. The minimum Gasteiger partial charge on any atom is -0.464 e. The maximum absolute atomic E-state index is 13.0. The van der Waals surface area contributed by atoms with E-state index in [1.54, 1.807) is 30.3 Å². The second kappa shape index (κ2) is 17.0. The average molecular weight is 651 g/mol. The molecule has 2 fully saturated rings. The Labute approximate surface area is 270 Å². The van der Waals surface area contributed by atoms with Crippen molar-refractivity contribution in [2.45, 2.75) is 25.0 Å². The molecule has 0 bridgehead atoms. The molecule has 0 saturated carbocycles. The van der Waals surface area contributed by atoms with Gasteiger partial charge in [0.25, 0.3) is 16.0 Å². The van der Waals surface area contributed by atoms with Crippen molar-refractivity contribution in [1.82, 2.24) is 9.80 Å². The van der Waals surface area contributed by atoms with E-state index in [-0.39, 0.29) is 29.4 Å². The standard InChI is InChI=1S/C27H34N4O4.C7H8O3S/c28-26(29)23-5-1-21(2-6-23)22-3-7-24(8-4-22)27(33)31-11-9-20(10-12-31)19-25(32)35-18-15-30-13-16-34-17-14-30;8-11(9,10)6-7-4-2-1-3-5-7/h1-8,20H,9-19H2,(H3,28,29);1-5H,6H2,(H,8,9,10). The van der Waals surface area contributed by atoms with E-state index in [0.29, 0.717) is 42.8 Å². The van der Waals surface area contributed by atoms with Crippen LogP contribution in [0.5, 0.6) is 0 Å². The maximum atomic E-state index is 13.0. The van der Waals surface area contributed by atoms with Gasteiger partial charge in [-0.25, -0.2) is 0 Å². The first-order valence-corrected chi connectivity index (χ1v) is 17.0. The SMILES string of the molecule is N=C(N)c1ccc(-c2ccc(C(=O)N3CCC(CC(=O)OCCN4CCOCC4)CC3)cc2)cc1.O=S(=O)(O)Cc1ccccc1. The number of hydrogen-bond donors (Lipinski definition) is 3. The number of carbonyl (C=O) groups excluding carboxylic acids is 2. The number of nitrogens with one attached hydrogen (secondary N) is 1. The number of carbonyl (C=O) groups is 2. The number of rotatable bonds is 10. The Kier molecular flexibility index (Phi) is 12.8. The van der Waals surface area contributed by atoms with Crippen LogP contribution in [0.4, 0.5) is 0 Å². The molecule has 0 aliphatic carbocycles. The van der Waals surface area contributed by atoms with Crippen molar-refractivity contribution in [3.8, 4) is 11.1 Å². The second-order valence-corrected chi connectivity index (χ2v) is 12.8. The van der Waals surface area contributed by atoms with E-state index in [1.165, 1.54) is 0 Å². The minimum atomic E-state index is -3.88. The number of nitrogens with two attached hydrogens (primary N) is 1. The van der Waals surface area contributed by atoms with Crippen LogP contribution in [0.25, 0.3) is 11.1 Å². The lowest BCUT2D eigenvalue weighted by molar-refractivity contribution is -0.145. The Balaban J connectivity index is 0.000000369. The quantitative estimate of drug-likeness (QED) is 0.128. The number of nitrogen functional groups attached to an aromatic ring is 1. The zero-order valence-electron chi connectivity index (χ0n) is 25.8. The molecule has 1 amide bonds. The van der Waals surface area contributed by atoms with Gasteiger partial charge in [-0.1, -0.05) is 66.7 Å². The first-order valence-electron chi connectivity index (χ1n) is 15.4. The van der Waals surface area contributed by atoms with Gasteiger partial charge in [-0.2, -0.15) is 8.42 Å². The lowest BCUT2D eigenvalue weighted by Crippen LogP contribution is -2.39. The predicted octanol–water partition coefficient (Wildman–Crippen LogP) is 3.83. The van der Waals surface area contributed by atoms with Crippen LogP contribution in [0.1, 0.15) is 40.7 Å². The summed E-state index contributed by atoms with van der Waals surface area (Å²) in [5.41, 5.74) is 9.47. The van der Waals surface area contributed by atoms with Crippen molar-refractivity contribution in [3.63, 3.8) is 0 Å². The molecule has 246 valence electrons. The zero-order valence-corrected chi connectivity index (χ0v) is 26.7. The number of ether oxygens (including phenoxy) is 2. The van der Waals surface area contributed by atoms with Crippen LogP contribution < -0.4 is 5.73 Å². The highest BCUT2D eigenvalue weighted by Crippen LogP contribution is 2.24. The van der Waals surface area contributed by atoms with Crippen molar-refractivity contribution in [3.05, 3.63) is 95.6 Å². The fraction of sp³-hybridized carbons (Fsp3) is 0.382. The molecule has 5 rings (SSSR count). The number of likely N-dealkylation sites (tertiary alicyclic amines) is 1. The molecule has 2 saturated heterocycles. The molecule has 12 heteroatoms. The molecule has 3 aromatic carbocycles. The van der Waals surface area contributed by atoms with Gasteiger partial charge in [0.05, 0.1) is 13.2 Å². The number of amides is 1. The fourth-order valence-electron chi connectivity index (χ4n) is 5.36. The molecule has 0 spiro atoms. The van der Waals surface area contributed by atoms with E-state index >= 15 is 0 Å². The molecule has 0 atom stereocenters. The van der Waals surface area contributed by atoms with E-state index in [4.69, 9.17) is 25.2 Å². The molecule has 0 unspecified atom stereocenters. The van der Waals surface area contributed by atoms with Crippen LogP contribution in [0, 0.1) is 11.3 Å². The van der Waals surface area contributed by atoms with Crippen LogP contribution >= 0.6 is 0 Å². The Bertz CT molecular complexity index is 1530. The smallest absolute Gasteiger partial charge is 0.306 e. The lowest BCUT2D eigenvalue weighted by Gasteiger charge is -2.31. The molecule has 2 heterocycles. The molecular formula is C34H42N4O7S. The molecule has 2 aliphatic heterocycles. The third-order valence-corrected chi connectivity index (χ3v) is 8.68. The van der Waals surface area contributed by atoms with Crippen LogP contribution in [0.3, 0.4) is 0 Å². The summed E-state index contributed by atoms with van der Waals surface area (Å²) in [5.74, 6) is -0.129. The van der Waals surface area contributed by atoms with Crippen molar-refractivity contribution in [2.24, 2.45) is 11.7 Å². The zero-order chi connectivity index (χ0) is 32.9. The molecule has 46 heavy (non-hydrogen) atoms. The van der Waals surface area contributed by atoms with Gasteiger partial charge >= 0.3 is 5.97 Å². The average Bonchev–Trinajstić information content (AvgIpc) is 3.05. The summed E-state index contributed by atoms with van der Waals surface area (Å²) >= 11 is 0. The summed E-state index contributed by atoms with van der Waals surface area (Å²) in [6.45, 7) is 5.74. The van der Waals surface area contributed by atoms with Gasteiger partial charge in [0, 0.05) is 50.3 Å². The Morgan fingerprint density at radius 3 is 1.98 bits per heavy atom. The van der Waals surface area contributed by atoms with E-state index in [9.17, 15) is 18.0 Å². The lowest BCUT2D eigenvalue weighted by atomic mass is 9.93. The van der Waals surface area contributed by atoms with Gasteiger partial charge in [-0.05, 0) is 47.6 Å². The Morgan fingerprint density at radius 2 is 1.43 bits per heavy atom. The number of morpholine rings is 1. The Morgan fingerprint density at radius 1 is 0.870 bits per heavy atom. The molecule has 0 radical (unpaired) electrons. The second-order valence-electron chi connectivity index (χ2n) is 11.4. The van der Waals surface area contributed by atoms with Crippen molar-refractivity contribution < 1.29 is 32.0 Å². The summed E-state index contributed by atoms with van der Waals surface area (Å²) < 4.78 is 39.9. The van der Waals surface area contributed by atoms with Gasteiger partial charge in [0.2, 0.25) is 0 Å². The van der Waals surface area contributed by atoms with E-state index < -0.39 is 10.1 Å². The normalized spacial score (nSPS) is 15.8. The summed E-state index contributed by atoms with van der Waals surface area (Å²) in [6, 6.07) is 23.6. The first kappa shape index (κ1) is 34.8. The van der Waals surface area contributed by atoms with E-state index in [2.05, 4.69) is 4.90 Å². The topological polar surface area (TPSA) is 163 Å². The van der Waals surface area contributed by atoms with Crippen molar-refractivity contribution in [1.29, 1.82) is 5.41 Å². The number of amidine groups is 1. The highest BCUT2D eigenvalue weighted by Gasteiger charge is 2.25. The molecule has 0 aromatic heterocycles. The van der Waals surface area contributed by atoms with E-state index in [0.717, 1.165) is 56.8 Å². The molecule has 4 N–H and O–H groups in total. The van der Waals surface area contributed by atoms with Crippen LogP contribution in [0.2, 0.25) is 0 Å². The maximum Gasteiger partial charge on any atom is 0.306 e. The minimum absolute atomic E-state index is 0.0232. The van der Waals surface area contributed by atoms with Crippen LogP contribution in [0.15, 0.2) is 78.9 Å². The van der Waals surface area contributed by atoms with Crippen molar-refractivity contribution in [2.75, 3.05) is 52.5 Å². The van der Waals surface area contributed by atoms with Gasteiger partial charge in [-0.15, -0.1) is 0 Å². The molecule has 3 aromatic rings.